The lowest BCUT2D eigenvalue weighted by molar-refractivity contribution is -0.126. The van der Waals surface area contributed by atoms with E-state index in [2.05, 4.69) is 6.92 Å². The van der Waals surface area contributed by atoms with Crippen LogP contribution in [-0.4, -0.2) is 24.4 Å². The van der Waals surface area contributed by atoms with Crippen molar-refractivity contribution in [1.82, 2.24) is 4.90 Å². The fourth-order valence-corrected chi connectivity index (χ4v) is 1.02. The molecule has 0 heterocycles. The number of rotatable bonds is 5. The minimum Gasteiger partial charge on any atom is -0.394 e. The largest absolute Gasteiger partial charge is 0.394 e. The zero-order valence-electron chi connectivity index (χ0n) is 9.16. The van der Waals surface area contributed by atoms with E-state index in [1.807, 2.05) is 0 Å². The summed E-state index contributed by atoms with van der Waals surface area (Å²) in [4.78, 5) is 13.2. The van der Waals surface area contributed by atoms with E-state index in [0.29, 0.717) is 6.54 Å². The minimum absolute atomic E-state index is 0.0990. The molecule has 5 heteroatoms. The number of hydrogen-bond acceptors (Lipinski definition) is 3. The van der Waals surface area contributed by atoms with E-state index in [1.54, 1.807) is 11.9 Å². The van der Waals surface area contributed by atoms with Crippen molar-refractivity contribution in [2.75, 3.05) is 13.6 Å². The minimum atomic E-state index is -0.211. The Morgan fingerprint density at radius 3 is 2.47 bits per heavy atom. The van der Waals surface area contributed by atoms with Gasteiger partial charge in [-0.1, -0.05) is 24.9 Å². The van der Waals surface area contributed by atoms with Gasteiger partial charge in [-0.25, -0.2) is 0 Å². The molecule has 0 aliphatic rings. The summed E-state index contributed by atoms with van der Waals surface area (Å²) >= 11 is 5.40. The smallest absolute Gasteiger partial charge is 0.269 e. The molecule has 0 aromatic rings. The van der Waals surface area contributed by atoms with Crippen molar-refractivity contribution in [2.45, 2.75) is 19.8 Å². The van der Waals surface area contributed by atoms with E-state index in [-0.39, 0.29) is 16.8 Å². The van der Waals surface area contributed by atoms with E-state index in [0.717, 1.165) is 12.8 Å². The lowest BCUT2D eigenvalue weighted by Gasteiger charge is -2.16. The lowest BCUT2D eigenvalue weighted by Crippen LogP contribution is -2.31. The molecule has 0 unspecified atom stereocenters. The fourth-order valence-electron chi connectivity index (χ4n) is 0.958. The Balaban J connectivity index is 4.31. The first-order valence-electron chi connectivity index (χ1n) is 4.83. The van der Waals surface area contributed by atoms with Crippen LogP contribution >= 0.6 is 11.6 Å². The Hall–Kier alpha value is -1.16. The van der Waals surface area contributed by atoms with Crippen LogP contribution in [0.2, 0.25) is 0 Å². The molecule has 0 aromatic carbocycles. The van der Waals surface area contributed by atoms with Crippen molar-refractivity contribution in [2.24, 2.45) is 11.5 Å². The van der Waals surface area contributed by atoms with Crippen LogP contribution < -0.4 is 11.5 Å². The summed E-state index contributed by atoms with van der Waals surface area (Å²) < 4.78 is 0. The molecule has 0 aliphatic heterocycles. The van der Waals surface area contributed by atoms with E-state index >= 15 is 0 Å². The van der Waals surface area contributed by atoms with Crippen LogP contribution in [0.4, 0.5) is 0 Å². The Kier molecular flexibility index (Phi) is 6.62. The molecule has 0 fully saturated rings. The number of amides is 1. The van der Waals surface area contributed by atoms with Gasteiger partial charge in [0.1, 0.15) is 0 Å². The van der Waals surface area contributed by atoms with Crippen LogP contribution in [0.1, 0.15) is 19.8 Å². The van der Waals surface area contributed by atoms with Crippen molar-refractivity contribution in [1.29, 1.82) is 0 Å². The third-order valence-corrected chi connectivity index (χ3v) is 1.99. The van der Waals surface area contributed by atoms with Gasteiger partial charge in [-0.2, -0.15) is 0 Å². The Bertz CT molecular complexity index is 270. The number of likely N-dealkylation sites (N-methyl/N-ethyl adjacent to an activating group) is 1. The second-order valence-corrected chi connectivity index (χ2v) is 3.69. The molecule has 1 amide bonds. The van der Waals surface area contributed by atoms with Crippen molar-refractivity contribution in [3.63, 3.8) is 0 Å². The third-order valence-electron chi connectivity index (χ3n) is 1.86. The van der Waals surface area contributed by atoms with Crippen molar-refractivity contribution >= 4 is 17.5 Å². The monoisotopic (exact) mass is 231 g/mol. The van der Waals surface area contributed by atoms with E-state index in [1.165, 1.54) is 12.2 Å². The van der Waals surface area contributed by atoms with E-state index < -0.39 is 0 Å². The standard InChI is InChI=1S/C10H18ClN3O/c1-3-4-7-14(2)10(15)8(12)5-6-9(11)13/h5-6H,3-4,7,12-13H2,1-2H3/b8-5-,9-6-. The molecule has 0 atom stereocenters. The first kappa shape index (κ1) is 13.8. The predicted molar refractivity (Wildman–Crippen MR) is 62.9 cm³/mol. The topological polar surface area (TPSA) is 72.3 Å². The lowest BCUT2D eigenvalue weighted by atomic mass is 10.3. The summed E-state index contributed by atoms with van der Waals surface area (Å²) in [6.07, 6.45) is 4.80. The molecule has 0 bridgehead atoms. The number of nitrogens with two attached hydrogens (primary N) is 2. The van der Waals surface area contributed by atoms with E-state index in [9.17, 15) is 4.79 Å². The summed E-state index contributed by atoms with van der Waals surface area (Å²) in [7, 11) is 1.71. The Morgan fingerprint density at radius 1 is 1.40 bits per heavy atom. The number of hydrogen-bond donors (Lipinski definition) is 2. The van der Waals surface area contributed by atoms with Crippen molar-refractivity contribution in [3.05, 3.63) is 23.0 Å². The maximum Gasteiger partial charge on any atom is 0.269 e. The molecule has 15 heavy (non-hydrogen) atoms. The number of unbranched alkanes of at least 4 members (excludes halogenated alkanes) is 1. The van der Waals surface area contributed by atoms with Crippen molar-refractivity contribution in [3.8, 4) is 0 Å². The highest BCUT2D eigenvalue weighted by Gasteiger charge is 2.09. The number of carbonyl (C=O) groups is 1. The van der Waals surface area contributed by atoms with E-state index in [4.69, 9.17) is 23.1 Å². The zero-order chi connectivity index (χ0) is 11.8. The summed E-state index contributed by atoms with van der Waals surface area (Å²) in [6, 6.07) is 0. The quantitative estimate of drug-likeness (QED) is 0.423. The molecule has 0 saturated carbocycles. The molecule has 86 valence electrons. The predicted octanol–water partition coefficient (Wildman–Crippen LogP) is 1.13. The Labute approximate surface area is 95.5 Å². The normalized spacial score (nSPS) is 12.7. The average Bonchev–Trinajstić information content (AvgIpc) is 2.21. The van der Waals surface area contributed by atoms with Crippen LogP contribution in [-0.2, 0) is 4.79 Å². The molecule has 4 nitrogen and oxygen atoms in total. The first-order chi connectivity index (χ1) is 6.99. The molecular weight excluding hydrogens is 214 g/mol. The molecule has 0 spiro atoms. The molecular formula is C10H18ClN3O. The van der Waals surface area contributed by atoms with Crippen molar-refractivity contribution < 1.29 is 4.79 Å². The van der Waals surface area contributed by atoms with Gasteiger partial charge in [0.2, 0.25) is 0 Å². The highest BCUT2D eigenvalue weighted by atomic mass is 35.5. The van der Waals surface area contributed by atoms with Gasteiger partial charge in [0.05, 0.1) is 10.9 Å². The number of carbonyl (C=O) groups excluding carboxylic acids is 1. The van der Waals surface area contributed by atoms with Crippen LogP contribution in [0.15, 0.2) is 23.0 Å². The SMILES string of the molecule is CCCCN(C)C(=O)/C(N)=C/C=C(\N)Cl. The van der Waals surface area contributed by atoms with Gasteiger partial charge in [-0.05, 0) is 18.6 Å². The van der Waals surface area contributed by atoms with Crippen LogP contribution in [0.25, 0.3) is 0 Å². The third kappa shape index (κ3) is 6.01. The van der Waals surface area contributed by atoms with Gasteiger partial charge < -0.3 is 16.4 Å². The van der Waals surface area contributed by atoms with Crippen LogP contribution in [0, 0.1) is 0 Å². The summed E-state index contributed by atoms with van der Waals surface area (Å²) in [5, 5.41) is 0.0990. The first-order valence-corrected chi connectivity index (χ1v) is 5.20. The maximum atomic E-state index is 11.6. The van der Waals surface area contributed by atoms with Gasteiger partial charge in [0, 0.05) is 13.6 Å². The number of nitrogens with zero attached hydrogens (tertiary/aromatic N) is 1. The second kappa shape index (κ2) is 7.17. The molecule has 0 aromatic heterocycles. The fraction of sp³-hybridized carbons (Fsp3) is 0.500. The highest BCUT2D eigenvalue weighted by molar-refractivity contribution is 6.29. The zero-order valence-corrected chi connectivity index (χ0v) is 9.92. The summed E-state index contributed by atoms with van der Waals surface area (Å²) in [6.45, 7) is 2.76. The number of allylic oxidation sites excluding steroid dienone is 2. The van der Waals surface area contributed by atoms with Gasteiger partial charge in [-0.3, -0.25) is 4.79 Å². The summed E-state index contributed by atoms with van der Waals surface area (Å²) in [5.41, 5.74) is 10.9. The molecule has 0 saturated heterocycles. The molecule has 0 aliphatic carbocycles. The maximum absolute atomic E-state index is 11.6. The Morgan fingerprint density at radius 2 is 2.00 bits per heavy atom. The molecule has 0 radical (unpaired) electrons. The van der Waals surface area contributed by atoms with Crippen LogP contribution in [0.3, 0.4) is 0 Å². The van der Waals surface area contributed by atoms with Crippen LogP contribution in [0.5, 0.6) is 0 Å². The van der Waals surface area contributed by atoms with Gasteiger partial charge in [0.25, 0.3) is 5.91 Å². The number of halogens is 1. The van der Waals surface area contributed by atoms with Gasteiger partial charge in [-0.15, -0.1) is 0 Å². The molecule has 4 N–H and O–H groups in total. The second-order valence-electron chi connectivity index (χ2n) is 3.25. The van der Waals surface area contributed by atoms with Gasteiger partial charge in [0.15, 0.2) is 0 Å². The van der Waals surface area contributed by atoms with Gasteiger partial charge >= 0.3 is 0 Å². The summed E-state index contributed by atoms with van der Waals surface area (Å²) in [5.74, 6) is -0.211. The molecule has 0 rings (SSSR count). The average molecular weight is 232 g/mol. The highest BCUT2D eigenvalue weighted by Crippen LogP contribution is 1.99.